The molecule has 1 N–H and O–H groups in total. The van der Waals surface area contributed by atoms with E-state index in [4.69, 9.17) is 15.3 Å². The molecule has 0 aromatic carbocycles. The van der Waals surface area contributed by atoms with Crippen molar-refractivity contribution < 1.29 is 41.8 Å². The molecule has 0 saturated heterocycles. The van der Waals surface area contributed by atoms with Crippen LogP contribution in [0.15, 0.2) is 34.9 Å². The summed E-state index contributed by atoms with van der Waals surface area (Å²) in [6.45, 7) is 2.96. The van der Waals surface area contributed by atoms with Crippen LogP contribution in [0.2, 0.25) is 0 Å². The summed E-state index contributed by atoms with van der Waals surface area (Å²) in [6.07, 6.45) is 14.4. The van der Waals surface area contributed by atoms with Gasteiger partial charge in [0.15, 0.2) is 0 Å². The minimum absolute atomic E-state index is 0. The van der Waals surface area contributed by atoms with Gasteiger partial charge in [0.2, 0.25) is 0 Å². The first kappa shape index (κ1) is 24.4. The van der Waals surface area contributed by atoms with Crippen LogP contribution >= 0.6 is 0 Å². The fraction of sp³-hybridized carbons (Fsp3) is 0.556. The Morgan fingerprint density at radius 2 is 1.61 bits per heavy atom. The molecule has 0 fully saturated rings. The van der Waals surface area contributed by atoms with Gasteiger partial charge in [-0.1, -0.05) is 31.4 Å². The van der Waals surface area contributed by atoms with E-state index >= 15 is 0 Å². The van der Waals surface area contributed by atoms with E-state index < -0.39 is 5.97 Å². The van der Waals surface area contributed by atoms with Crippen LogP contribution in [0.25, 0.3) is 0 Å². The van der Waals surface area contributed by atoms with E-state index in [9.17, 15) is 4.79 Å². The summed E-state index contributed by atoms with van der Waals surface area (Å²) in [5.41, 5.74) is 7.06. The summed E-state index contributed by atoms with van der Waals surface area (Å²) in [4.78, 5) is 9.25. The first-order valence-electron chi connectivity index (χ1n) is 7.66. The standard InChI is InChI=1S/C13H17.C3H4O2.2CH3O.Ti/c1-3-7-12-10(5-1)9-11-6-2-4-8-13(11)12;1-2-3(4)5;2*1-2;/h5H,1-4,6-9H2;2H,1H2,(H,4,5);2*1H3;/q-1;;2*-1;+3. The van der Waals surface area contributed by atoms with Crippen LogP contribution in [0.5, 0.6) is 0 Å². The van der Waals surface area contributed by atoms with Crippen LogP contribution in [0.3, 0.4) is 0 Å². The molecule has 0 spiro atoms. The Balaban J connectivity index is 0. The predicted octanol–water partition coefficient (Wildman–Crippen LogP) is 2.15. The monoisotopic (exact) mass is 355 g/mol. The van der Waals surface area contributed by atoms with Gasteiger partial charge in [0.1, 0.15) is 0 Å². The summed E-state index contributed by atoms with van der Waals surface area (Å²) in [5, 5.41) is 24.1. The fourth-order valence-electron chi connectivity index (χ4n) is 3.12. The Hall–Kier alpha value is -0.806. The average Bonchev–Trinajstić information content (AvgIpc) is 2.97. The quantitative estimate of drug-likeness (QED) is 0.444. The van der Waals surface area contributed by atoms with E-state index in [1.54, 1.807) is 22.3 Å². The van der Waals surface area contributed by atoms with E-state index in [-0.39, 0.29) is 21.7 Å². The fourth-order valence-corrected chi connectivity index (χ4v) is 3.12. The summed E-state index contributed by atoms with van der Waals surface area (Å²) in [7, 11) is 1.50. The molecule has 0 unspecified atom stereocenters. The van der Waals surface area contributed by atoms with Crippen molar-refractivity contribution in [1.82, 2.24) is 0 Å². The van der Waals surface area contributed by atoms with Crippen molar-refractivity contribution in [3.8, 4) is 0 Å². The van der Waals surface area contributed by atoms with Crippen molar-refractivity contribution in [2.24, 2.45) is 0 Å². The van der Waals surface area contributed by atoms with Crippen LogP contribution in [-0.2, 0) is 26.5 Å². The third-order valence-electron chi connectivity index (χ3n) is 3.93. The minimum Gasteiger partial charge on any atom is -0.857 e. The molecule has 1 radical (unpaired) electrons. The Bertz CT molecular complexity index is 395. The normalized spacial score (nSPS) is 17.2. The van der Waals surface area contributed by atoms with Crippen molar-refractivity contribution in [1.29, 1.82) is 0 Å². The maximum atomic E-state index is 9.25. The van der Waals surface area contributed by atoms with Gasteiger partial charge in [-0.05, 0) is 25.7 Å². The summed E-state index contributed by atoms with van der Waals surface area (Å²) >= 11 is 0. The largest absolute Gasteiger partial charge is 3.00 e. The number of hydrogen-bond acceptors (Lipinski definition) is 3. The van der Waals surface area contributed by atoms with Crippen LogP contribution in [0.1, 0.15) is 51.4 Å². The Kier molecular flexibility index (Phi) is 15.7. The molecule has 23 heavy (non-hydrogen) atoms. The number of aliphatic carboxylic acids is 1. The van der Waals surface area contributed by atoms with Crippen molar-refractivity contribution in [3.05, 3.63) is 41.4 Å². The number of hydrogen-bond donors (Lipinski definition) is 1. The number of carboxylic acid groups (broad SMARTS) is 1. The van der Waals surface area contributed by atoms with E-state index in [1.165, 1.54) is 51.4 Å². The van der Waals surface area contributed by atoms with Crippen molar-refractivity contribution in [2.75, 3.05) is 14.2 Å². The van der Waals surface area contributed by atoms with Crippen molar-refractivity contribution in [2.45, 2.75) is 51.4 Å². The maximum absolute atomic E-state index is 9.25. The van der Waals surface area contributed by atoms with Gasteiger partial charge in [-0.15, -0.1) is 12.0 Å². The second-order valence-corrected chi connectivity index (χ2v) is 5.11. The molecule has 3 aliphatic carbocycles. The molecule has 3 aliphatic rings. The van der Waals surface area contributed by atoms with E-state index in [0.717, 1.165) is 20.3 Å². The molecule has 4 nitrogen and oxygen atoms in total. The van der Waals surface area contributed by atoms with Crippen LogP contribution < -0.4 is 10.2 Å². The molecule has 3 rings (SSSR count). The molecule has 0 bridgehead atoms. The van der Waals surface area contributed by atoms with Gasteiger partial charge in [0, 0.05) is 6.08 Å². The predicted molar refractivity (Wildman–Crippen MR) is 85.0 cm³/mol. The summed E-state index contributed by atoms with van der Waals surface area (Å²) in [6, 6.07) is 0. The van der Waals surface area contributed by atoms with Gasteiger partial charge in [-0.25, -0.2) is 16.8 Å². The molecule has 0 aromatic rings. The third kappa shape index (κ3) is 8.02. The smallest absolute Gasteiger partial charge is 0.857 e. The molecule has 0 heterocycles. The SMILES string of the molecule is C=CC(=O)O.C[O-].C[O-].[CH-]1CCCC2=C1CC1=C2CCCC1.[Ti+3]. The van der Waals surface area contributed by atoms with Crippen molar-refractivity contribution >= 4 is 5.97 Å². The van der Waals surface area contributed by atoms with Gasteiger partial charge in [-0.3, -0.25) is 0 Å². The third-order valence-corrected chi connectivity index (χ3v) is 3.93. The van der Waals surface area contributed by atoms with Gasteiger partial charge in [0.05, 0.1) is 0 Å². The Morgan fingerprint density at radius 3 is 2.17 bits per heavy atom. The molecular formula is C18H27O4Ti. The van der Waals surface area contributed by atoms with Gasteiger partial charge in [-0.2, -0.15) is 19.8 Å². The van der Waals surface area contributed by atoms with E-state index in [1.807, 2.05) is 0 Å². The first-order chi connectivity index (χ1) is 10.7. The second kappa shape index (κ2) is 14.8. The first-order valence-corrected chi connectivity index (χ1v) is 7.66. The van der Waals surface area contributed by atoms with Crippen LogP contribution in [0.4, 0.5) is 0 Å². The number of carbonyl (C=O) groups is 1. The zero-order valence-corrected chi connectivity index (χ0v) is 15.8. The average molecular weight is 355 g/mol. The molecule has 5 heteroatoms. The van der Waals surface area contributed by atoms with Gasteiger partial charge in [0.25, 0.3) is 0 Å². The molecule has 0 aliphatic heterocycles. The number of rotatable bonds is 1. The number of allylic oxidation sites excluding steroid dienone is 4. The summed E-state index contributed by atoms with van der Waals surface area (Å²) < 4.78 is 0. The molecule has 0 amide bonds. The van der Waals surface area contributed by atoms with Crippen LogP contribution in [0, 0.1) is 6.42 Å². The second-order valence-electron chi connectivity index (χ2n) is 5.11. The Morgan fingerprint density at radius 1 is 1.09 bits per heavy atom. The van der Waals surface area contributed by atoms with Gasteiger partial charge >= 0.3 is 27.7 Å². The zero-order valence-electron chi connectivity index (χ0n) is 14.2. The topological polar surface area (TPSA) is 83.4 Å². The number of carboxylic acids is 1. The Labute approximate surface area is 154 Å². The van der Waals surface area contributed by atoms with Crippen LogP contribution in [-0.4, -0.2) is 25.3 Å². The van der Waals surface area contributed by atoms with Crippen molar-refractivity contribution in [3.63, 3.8) is 0 Å². The molecule has 0 aromatic heterocycles. The number of fused-ring (bicyclic) bond motifs is 1. The minimum atomic E-state index is -0.981. The molecule has 0 saturated carbocycles. The zero-order chi connectivity index (χ0) is 17.0. The van der Waals surface area contributed by atoms with E-state index in [2.05, 4.69) is 13.0 Å². The van der Waals surface area contributed by atoms with E-state index in [0.29, 0.717) is 0 Å². The molecule has 0 atom stereocenters. The van der Waals surface area contributed by atoms with Gasteiger partial charge < -0.3 is 15.3 Å². The summed E-state index contributed by atoms with van der Waals surface area (Å²) in [5.74, 6) is -0.981. The molecular weight excluding hydrogens is 328 g/mol. The maximum Gasteiger partial charge on any atom is 3.00 e. The molecule has 127 valence electrons.